The maximum absolute atomic E-state index is 10.5. The van der Waals surface area contributed by atoms with Gasteiger partial charge in [0, 0.05) is 0 Å². The van der Waals surface area contributed by atoms with E-state index in [1.807, 2.05) is 27.7 Å². The van der Waals surface area contributed by atoms with Crippen LogP contribution >= 0.6 is 0 Å². The molecular weight excluding hydrogens is 228 g/mol. The second kappa shape index (κ2) is 6.06. The molecule has 0 bridgehead atoms. The van der Waals surface area contributed by atoms with Gasteiger partial charge in [-0.25, -0.2) is 9.59 Å². The SMILES string of the molecule is CC(C)c1c(N=C=O)ccc(N=C=O)c1C(C)C. The van der Waals surface area contributed by atoms with Crippen LogP contribution in [-0.2, 0) is 9.59 Å². The van der Waals surface area contributed by atoms with E-state index in [0.29, 0.717) is 11.4 Å². The zero-order valence-electron chi connectivity index (χ0n) is 11.0. The summed E-state index contributed by atoms with van der Waals surface area (Å²) in [5.41, 5.74) is 3.05. The lowest BCUT2D eigenvalue weighted by atomic mass is 9.88. The summed E-state index contributed by atoms with van der Waals surface area (Å²) >= 11 is 0. The first-order valence-corrected chi connectivity index (χ1v) is 5.85. The predicted molar refractivity (Wildman–Crippen MR) is 70.2 cm³/mol. The van der Waals surface area contributed by atoms with Gasteiger partial charge >= 0.3 is 0 Å². The van der Waals surface area contributed by atoms with Crippen LogP contribution in [0.4, 0.5) is 11.4 Å². The van der Waals surface area contributed by atoms with Crippen molar-refractivity contribution in [3.8, 4) is 0 Å². The standard InChI is InChI=1S/C14H16N2O2/c1-9(2)13-11(15-7-17)5-6-12(16-8-18)14(13)10(3)4/h5-6,9-10H,1-4H3. The van der Waals surface area contributed by atoms with E-state index in [1.54, 1.807) is 24.3 Å². The topological polar surface area (TPSA) is 58.9 Å². The molecule has 18 heavy (non-hydrogen) atoms. The molecule has 0 unspecified atom stereocenters. The molecule has 0 N–H and O–H groups in total. The molecule has 4 heteroatoms. The monoisotopic (exact) mass is 244 g/mol. The highest BCUT2D eigenvalue weighted by molar-refractivity contribution is 5.67. The van der Waals surface area contributed by atoms with E-state index < -0.39 is 0 Å². The Balaban J connectivity index is 3.69. The first-order valence-electron chi connectivity index (χ1n) is 5.85. The van der Waals surface area contributed by atoms with E-state index in [-0.39, 0.29) is 11.8 Å². The lowest BCUT2D eigenvalue weighted by molar-refractivity contribution is 0.564. The van der Waals surface area contributed by atoms with Gasteiger partial charge in [0.25, 0.3) is 0 Å². The van der Waals surface area contributed by atoms with Gasteiger partial charge in [0.05, 0.1) is 11.4 Å². The van der Waals surface area contributed by atoms with Crippen molar-refractivity contribution in [3.63, 3.8) is 0 Å². The Bertz CT molecular complexity index is 486. The summed E-state index contributed by atoms with van der Waals surface area (Å²) in [5.74, 6) is 0.354. The summed E-state index contributed by atoms with van der Waals surface area (Å²) < 4.78 is 0. The summed E-state index contributed by atoms with van der Waals surface area (Å²) in [6.45, 7) is 8.05. The fourth-order valence-electron chi connectivity index (χ4n) is 2.12. The minimum Gasteiger partial charge on any atom is -0.211 e. The van der Waals surface area contributed by atoms with Gasteiger partial charge in [0.1, 0.15) is 0 Å². The number of isocyanates is 2. The van der Waals surface area contributed by atoms with Crippen LogP contribution < -0.4 is 0 Å². The third-order valence-corrected chi connectivity index (χ3v) is 2.73. The van der Waals surface area contributed by atoms with Gasteiger partial charge in [-0.05, 0) is 35.1 Å². The third-order valence-electron chi connectivity index (χ3n) is 2.73. The highest BCUT2D eigenvalue weighted by atomic mass is 16.1. The van der Waals surface area contributed by atoms with Crippen LogP contribution in [0.5, 0.6) is 0 Å². The lowest BCUT2D eigenvalue weighted by Gasteiger charge is -2.19. The Kier molecular flexibility index (Phi) is 4.73. The molecule has 0 radical (unpaired) electrons. The summed E-state index contributed by atoms with van der Waals surface area (Å²) in [6.07, 6.45) is 3.13. The van der Waals surface area contributed by atoms with Gasteiger partial charge < -0.3 is 0 Å². The lowest BCUT2D eigenvalue weighted by Crippen LogP contribution is -2.00. The van der Waals surface area contributed by atoms with E-state index in [2.05, 4.69) is 9.98 Å². The highest BCUT2D eigenvalue weighted by Gasteiger charge is 2.18. The molecule has 0 amide bonds. The minimum atomic E-state index is 0.177. The summed E-state index contributed by atoms with van der Waals surface area (Å²) in [5, 5.41) is 0. The van der Waals surface area contributed by atoms with Crippen molar-refractivity contribution in [1.29, 1.82) is 0 Å². The number of rotatable bonds is 4. The van der Waals surface area contributed by atoms with Gasteiger partial charge in [-0.2, -0.15) is 9.98 Å². The van der Waals surface area contributed by atoms with Crippen LogP contribution in [0.1, 0.15) is 50.7 Å². The smallest absolute Gasteiger partial charge is 0.211 e. The third kappa shape index (κ3) is 2.80. The molecule has 0 saturated heterocycles. The first kappa shape index (κ1) is 14.0. The van der Waals surface area contributed by atoms with E-state index in [4.69, 9.17) is 0 Å². The second-order valence-corrected chi connectivity index (χ2v) is 4.65. The molecular formula is C14H16N2O2. The van der Waals surface area contributed by atoms with Gasteiger partial charge in [-0.15, -0.1) is 0 Å². The Morgan fingerprint density at radius 3 is 1.39 bits per heavy atom. The molecule has 1 aromatic carbocycles. The number of benzene rings is 1. The van der Waals surface area contributed by atoms with Crippen LogP contribution in [0.2, 0.25) is 0 Å². The summed E-state index contributed by atoms with van der Waals surface area (Å²) in [4.78, 5) is 28.4. The number of hydrogen-bond acceptors (Lipinski definition) is 4. The van der Waals surface area contributed by atoms with Crippen LogP contribution in [0, 0.1) is 0 Å². The molecule has 0 aromatic heterocycles. The van der Waals surface area contributed by atoms with Gasteiger partial charge in [0.2, 0.25) is 12.2 Å². The average molecular weight is 244 g/mol. The van der Waals surface area contributed by atoms with E-state index >= 15 is 0 Å². The normalized spacial score (nSPS) is 10.1. The van der Waals surface area contributed by atoms with Crippen molar-refractivity contribution in [1.82, 2.24) is 0 Å². The molecule has 0 fully saturated rings. The summed E-state index contributed by atoms with van der Waals surface area (Å²) in [6, 6.07) is 3.37. The van der Waals surface area contributed by atoms with E-state index in [1.165, 1.54) is 0 Å². The Morgan fingerprint density at radius 1 is 0.833 bits per heavy atom. The molecule has 1 aromatic rings. The van der Waals surface area contributed by atoms with Gasteiger partial charge in [-0.3, -0.25) is 0 Å². The molecule has 0 saturated carbocycles. The molecule has 0 aliphatic carbocycles. The van der Waals surface area contributed by atoms with Crippen molar-refractivity contribution in [2.45, 2.75) is 39.5 Å². The van der Waals surface area contributed by atoms with Crippen LogP contribution in [0.3, 0.4) is 0 Å². The fourth-order valence-corrected chi connectivity index (χ4v) is 2.12. The molecule has 1 rings (SSSR count). The number of nitrogens with zero attached hydrogens (tertiary/aromatic N) is 2. The van der Waals surface area contributed by atoms with Gasteiger partial charge in [0.15, 0.2) is 0 Å². The Labute approximate surface area is 106 Å². The quantitative estimate of drug-likeness (QED) is 0.596. The summed E-state index contributed by atoms with van der Waals surface area (Å²) in [7, 11) is 0. The van der Waals surface area contributed by atoms with Crippen LogP contribution in [-0.4, -0.2) is 12.2 Å². The number of aliphatic imine (C=N–C) groups is 2. The molecule has 0 aliphatic heterocycles. The number of hydrogen-bond donors (Lipinski definition) is 0. The highest BCUT2D eigenvalue weighted by Crippen LogP contribution is 2.39. The Hall–Kier alpha value is -2.02. The van der Waals surface area contributed by atoms with Crippen molar-refractivity contribution in [2.75, 3.05) is 0 Å². The minimum absolute atomic E-state index is 0.177. The molecule has 0 atom stereocenters. The average Bonchev–Trinajstić information content (AvgIpc) is 2.30. The second-order valence-electron chi connectivity index (χ2n) is 4.65. The zero-order chi connectivity index (χ0) is 13.7. The fraction of sp³-hybridized carbons (Fsp3) is 0.429. The largest absolute Gasteiger partial charge is 0.240 e. The molecule has 0 aliphatic rings. The van der Waals surface area contributed by atoms with E-state index in [0.717, 1.165) is 11.1 Å². The van der Waals surface area contributed by atoms with Crippen molar-refractivity contribution < 1.29 is 9.59 Å². The van der Waals surface area contributed by atoms with Crippen molar-refractivity contribution in [2.24, 2.45) is 9.98 Å². The molecule has 0 spiro atoms. The van der Waals surface area contributed by atoms with E-state index in [9.17, 15) is 9.59 Å². The first-order chi connectivity index (χ1) is 8.52. The van der Waals surface area contributed by atoms with Crippen molar-refractivity contribution >= 4 is 23.5 Å². The van der Waals surface area contributed by atoms with Gasteiger partial charge in [-0.1, -0.05) is 27.7 Å². The zero-order valence-corrected chi connectivity index (χ0v) is 11.0. The molecule has 0 heterocycles. The Morgan fingerprint density at radius 2 is 1.17 bits per heavy atom. The van der Waals surface area contributed by atoms with Crippen LogP contribution in [0.25, 0.3) is 0 Å². The van der Waals surface area contributed by atoms with Crippen LogP contribution in [0.15, 0.2) is 22.1 Å². The number of carbonyl (C=O) groups excluding carboxylic acids is 2. The maximum atomic E-state index is 10.5. The molecule has 94 valence electrons. The maximum Gasteiger partial charge on any atom is 0.240 e. The predicted octanol–water partition coefficient (Wildman–Crippen LogP) is 3.87. The van der Waals surface area contributed by atoms with Crippen molar-refractivity contribution in [3.05, 3.63) is 23.3 Å². The molecule has 4 nitrogen and oxygen atoms in total.